The molecule has 0 saturated carbocycles. The lowest BCUT2D eigenvalue weighted by Gasteiger charge is -2.26. The Morgan fingerprint density at radius 2 is 1.92 bits per heavy atom. The first-order valence-electron chi connectivity index (χ1n) is 12.4. The van der Waals surface area contributed by atoms with Gasteiger partial charge in [-0.2, -0.15) is 0 Å². The molecule has 1 N–H and O–H groups in total. The third kappa shape index (κ3) is 5.95. The molecule has 3 heterocycles. The number of carbonyl (C=O) groups is 1. The first-order chi connectivity index (χ1) is 18.5. The zero-order chi connectivity index (χ0) is 26.5. The highest BCUT2D eigenvalue weighted by molar-refractivity contribution is 6.30. The van der Waals surface area contributed by atoms with E-state index >= 15 is 0 Å². The smallest absolute Gasteiger partial charge is 0.259 e. The van der Waals surface area contributed by atoms with Gasteiger partial charge in [0.2, 0.25) is 5.43 Å². The van der Waals surface area contributed by atoms with E-state index in [-0.39, 0.29) is 16.9 Å². The summed E-state index contributed by atoms with van der Waals surface area (Å²) >= 11 is 5.98. The fraction of sp³-hybridized carbons (Fsp3) is 0.233. The van der Waals surface area contributed by atoms with Crippen molar-refractivity contribution < 1.29 is 9.53 Å². The van der Waals surface area contributed by atoms with Crippen LogP contribution in [0.25, 0.3) is 10.9 Å². The van der Waals surface area contributed by atoms with Gasteiger partial charge in [-0.1, -0.05) is 35.6 Å². The zero-order valence-electron chi connectivity index (χ0n) is 21.0. The van der Waals surface area contributed by atoms with Gasteiger partial charge in [-0.25, -0.2) is 0 Å². The predicted octanol–water partition coefficient (Wildman–Crippen LogP) is 4.08. The van der Waals surface area contributed by atoms with Crippen molar-refractivity contribution in [2.45, 2.75) is 13.1 Å². The second kappa shape index (κ2) is 11.6. The lowest BCUT2D eigenvalue weighted by Crippen LogP contribution is -2.35. The highest BCUT2D eigenvalue weighted by atomic mass is 35.5. The maximum atomic E-state index is 13.7. The minimum Gasteiger partial charge on any atom is -0.379 e. The van der Waals surface area contributed by atoms with Crippen LogP contribution in [0.1, 0.15) is 32.6 Å². The number of H-pyrrole nitrogens is 1. The van der Waals surface area contributed by atoms with Crippen LogP contribution in [0.3, 0.4) is 0 Å². The van der Waals surface area contributed by atoms with E-state index in [9.17, 15) is 9.59 Å². The van der Waals surface area contributed by atoms with Gasteiger partial charge in [0.05, 0.1) is 18.7 Å². The Morgan fingerprint density at radius 3 is 2.66 bits per heavy atom. The maximum absolute atomic E-state index is 13.7. The van der Waals surface area contributed by atoms with Crippen LogP contribution < -0.4 is 5.43 Å². The van der Waals surface area contributed by atoms with Crippen LogP contribution in [0.2, 0.25) is 5.02 Å². The van der Waals surface area contributed by atoms with E-state index in [0.717, 1.165) is 29.8 Å². The molecule has 2 aromatic carbocycles. The standard InChI is InChI=1S/C30H27ClN4O3/c1-34(19-22-5-8-25(31)9-6-22)30(37)27-18-33-28-24(7-4-21-3-2-10-32-17-21)15-23(16-26(28)29(27)36)20-35-11-13-38-14-12-35/h2-3,5-6,8-10,15-18H,11-14,19-20H2,1H3,(H,33,36). The van der Waals surface area contributed by atoms with Crippen LogP contribution in [0.15, 0.2) is 71.9 Å². The lowest BCUT2D eigenvalue weighted by molar-refractivity contribution is 0.0342. The topological polar surface area (TPSA) is 78.5 Å². The van der Waals surface area contributed by atoms with Gasteiger partial charge in [0.15, 0.2) is 0 Å². The van der Waals surface area contributed by atoms with E-state index in [2.05, 4.69) is 26.7 Å². The van der Waals surface area contributed by atoms with Gasteiger partial charge in [0.1, 0.15) is 5.56 Å². The van der Waals surface area contributed by atoms with Crippen molar-refractivity contribution >= 4 is 28.4 Å². The van der Waals surface area contributed by atoms with Crippen LogP contribution in [0.5, 0.6) is 0 Å². The Labute approximate surface area is 226 Å². The number of amides is 1. The molecule has 1 aliphatic heterocycles. The second-order valence-electron chi connectivity index (χ2n) is 9.27. The Hall–Kier alpha value is -3.96. The molecule has 7 nitrogen and oxygen atoms in total. The number of carbonyl (C=O) groups excluding carboxylic acids is 1. The predicted molar refractivity (Wildman–Crippen MR) is 148 cm³/mol. The number of nitrogens with zero attached hydrogens (tertiary/aromatic N) is 3. The van der Waals surface area contributed by atoms with E-state index in [0.29, 0.717) is 47.8 Å². The average molecular weight is 527 g/mol. The number of rotatable bonds is 5. The van der Waals surface area contributed by atoms with Crippen LogP contribution in [0.4, 0.5) is 0 Å². The number of halogens is 1. The Balaban J connectivity index is 1.52. The molecule has 8 heteroatoms. The highest BCUT2D eigenvalue weighted by Gasteiger charge is 2.20. The Kier molecular flexibility index (Phi) is 7.85. The quantitative estimate of drug-likeness (QED) is 0.396. The summed E-state index contributed by atoms with van der Waals surface area (Å²) in [5.41, 5.74) is 3.72. The van der Waals surface area contributed by atoms with Gasteiger partial charge < -0.3 is 14.6 Å². The number of hydrogen-bond acceptors (Lipinski definition) is 5. The molecule has 192 valence electrons. The summed E-state index contributed by atoms with van der Waals surface area (Å²) in [6.45, 7) is 4.01. The zero-order valence-corrected chi connectivity index (χ0v) is 21.8. The van der Waals surface area contributed by atoms with Crippen molar-refractivity contribution in [1.29, 1.82) is 0 Å². The molecule has 1 saturated heterocycles. The summed E-state index contributed by atoms with van der Waals surface area (Å²) < 4.78 is 5.48. The number of hydrogen-bond donors (Lipinski definition) is 1. The van der Waals surface area contributed by atoms with E-state index in [1.165, 1.54) is 11.1 Å². The largest absolute Gasteiger partial charge is 0.379 e. The van der Waals surface area contributed by atoms with Crippen LogP contribution >= 0.6 is 11.6 Å². The van der Waals surface area contributed by atoms with Crippen LogP contribution in [-0.4, -0.2) is 59.0 Å². The number of benzene rings is 2. The third-order valence-corrected chi connectivity index (χ3v) is 6.72. The molecule has 1 aliphatic rings. The third-order valence-electron chi connectivity index (χ3n) is 6.47. The SMILES string of the molecule is CN(Cc1ccc(Cl)cc1)C(=O)c1c[nH]c2c(C#Cc3cccnc3)cc(CN3CCOCC3)cc2c1=O. The van der Waals surface area contributed by atoms with Crippen molar-refractivity contribution in [3.05, 3.63) is 110 Å². The van der Waals surface area contributed by atoms with E-state index < -0.39 is 0 Å². The molecule has 0 bridgehead atoms. The molecular weight excluding hydrogens is 500 g/mol. The first-order valence-corrected chi connectivity index (χ1v) is 12.8. The lowest BCUT2D eigenvalue weighted by atomic mass is 10.0. The van der Waals surface area contributed by atoms with Crippen molar-refractivity contribution in [1.82, 2.24) is 19.8 Å². The number of pyridine rings is 2. The maximum Gasteiger partial charge on any atom is 0.259 e. The van der Waals surface area contributed by atoms with Gasteiger partial charge in [-0.05, 0) is 47.5 Å². The minimum atomic E-state index is -0.357. The van der Waals surface area contributed by atoms with Crippen molar-refractivity contribution in [2.24, 2.45) is 0 Å². The molecule has 1 fully saturated rings. The molecule has 0 atom stereocenters. The summed E-state index contributed by atoms with van der Waals surface area (Å²) in [6.07, 6.45) is 4.88. The average Bonchev–Trinajstić information content (AvgIpc) is 2.94. The molecule has 2 aromatic heterocycles. The minimum absolute atomic E-state index is 0.0867. The summed E-state index contributed by atoms with van der Waals surface area (Å²) in [5, 5.41) is 1.07. The van der Waals surface area contributed by atoms with Crippen molar-refractivity contribution in [3.63, 3.8) is 0 Å². The normalized spacial score (nSPS) is 13.6. The van der Waals surface area contributed by atoms with Gasteiger partial charge >= 0.3 is 0 Å². The molecule has 0 unspecified atom stereocenters. The van der Waals surface area contributed by atoms with Crippen LogP contribution in [-0.2, 0) is 17.8 Å². The molecule has 0 aliphatic carbocycles. The number of nitrogens with one attached hydrogen (secondary N) is 1. The summed E-state index contributed by atoms with van der Waals surface area (Å²) in [5.74, 6) is 5.99. The molecule has 0 spiro atoms. The number of fused-ring (bicyclic) bond motifs is 1. The molecule has 4 aromatic rings. The monoisotopic (exact) mass is 526 g/mol. The van der Waals surface area contributed by atoms with Crippen molar-refractivity contribution in [3.8, 4) is 11.8 Å². The van der Waals surface area contributed by atoms with E-state index in [4.69, 9.17) is 16.3 Å². The number of ether oxygens (including phenoxy) is 1. The molecule has 38 heavy (non-hydrogen) atoms. The first kappa shape index (κ1) is 25.7. The van der Waals surface area contributed by atoms with Gasteiger partial charge in [-0.15, -0.1) is 0 Å². The second-order valence-corrected chi connectivity index (χ2v) is 9.70. The number of morpholine rings is 1. The van der Waals surface area contributed by atoms with Crippen molar-refractivity contribution in [2.75, 3.05) is 33.4 Å². The fourth-order valence-electron chi connectivity index (χ4n) is 4.47. The summed E-state index contributed by atoms with van der Waals surface area (Å²) in [4.78, 5) is 38.1. The molecule has 1 amide bonds. The molecule has 5 rings (SSSR count). The number of aromatic amines is 1. The van der Waals surface area contributed by atoms with E-state index in [1.807, 2.05) is 36.4 Å². The van der Waals surface area contributed by atoms with Crippen LogP contribution in [0, 0.1) is 11.8 Å². The summed E-state index contributed by atoms with van der Waals surface area (Å²) in [6, 6.07) is 14.9. The highest BCUT2D eigenvalue weighted by Crippen LogP contribution is 2.20. The van der Waals surface area contributed by atoms with E-state index in [1.54, 1.807) is 31.6 Å². The summed E-state index contributed by atoms with van der Waals surface area (Å²) in [7, 11) is 1.68. The Morgan fingerprint density at radius 1 is 1.13 bits per heavy atom. The molecule has 0 radical (unpaired) electrons. The Bertz CT molecular complexity index is 1570. The fourth-order valence-corrected chi connectivity index (χ4v) is 4.60. The van der Waals surface area contributed by atoms with Gasteiger partial charge in [0, 0.05) is 73.4 Å². The number of aromatic nitrogens is 2. The van der Waals surface area contributed by atoms with Gasteiger partial charge in [-0.3, -0.25) is 19.5 Å². The molecular formula is C30H27ClN4O3. The van der Waals surface area contributed by atoms with Gasteiger partial charge in [0.25, 0.3) is 5.91 Å².